The largest absolute Gasteiger partial charge is 0.707 e. The number of hydrogen-bond acceptors (Lipinski definition) is 6. The average molecular weight is 303 g/mol. The molecule has 9 heteroatoms. The summed E-state index contributed by atoms with van der Waals surface area (Å²) in [7, 11) is -3.16. The van der Waals surface area contributed by atoms with Crippen molar-refractivity contribution < 1.29 is 28.6 Å². The van der Waals surface area contributed by atoms with Crippen molar-refractivity contribution in [2.75, 3.05) is 13.4 Å². The molecule has 0 amide bonds. The minimum absolute atomic E-state index is 0.0153. The molecule has 0 bridgehead atoms. The highest BCUT2D eigenvalue weighted by atomic mass is 28.3. The molecule has 0 aromatic carbocycles. The van der Waals surface area contributed by atoms with Crippen molar-refractivity contribution in [3.8, 4) is 11.5 Å². The molecule has 6 nitrogen and oxygen atoms in total. The number of nitrogens with zero attached hydrogens (tertiary/aromatic N) is 1. The Morgan fingerprint density at radius 1 is 1.35 bits per heavy atom. The normalized spacial score (nSPS) is 11.3. The van der Waals surface area contributed by atoms with Gasteiger partial charge in [-0.05, 0) is 6.04 Å². The lowest BCUT2D eigenvalue weighted by atomic mass is 10.2. The molecule has 1 rings (SSSR count). The molecule has 0 radical (unpaired) electrons. The van der Waals surface area contributed by atoms with E-state index in [0.29, 0.717) is 6.61 Å². The zero-order valence-electron chi connectivity index (χ0n) is 11.8. The Morgan fingerprint density at radius 2 is 2.05 bits per heavy atom. The maximum Gasteiger partial charge on any atom is 0.707 e. The Kier molecular flexibility index (Phi) is 6.40. The van der Waals surface area contributed by atoms with Gasteiger partial charge in [-0.25, -0.2) is 4.98 Å². The summed E-state index contributed by atoms with van der Waals surface area (Å²) in [6.45, 7) is 7.12. The predicted molar refractivity (Wildman–Crippen MR) is 74.6 cm³/mol. The molecule has 0 saturated heterocycles. The van der Waals surface area contributed by atoms with E-state index in [1.807, 2.05) is 0 Å². The number of pyridine rings is 1. The van der Waals surface area contributed by atoms with E-state index >= 15 is 0 Å². The molecule has 2 N–H and O–H groups in total. The molecule has 1 heterocycles. The van der Waals surface area contributed by atoms with Gasteiger partial charge in [0, 0.05) is 20.7 Å². The molecule has 0 unspecified atom stereocenters. The van der Waals surface area contributed by atoms with Crippen LogP contribution in [0.4, 0.5) is 4.39 Å². The second-order valence-electron chi connectivity index (χ2n) is 5.39. The third-order valence-corrected chi connectivity index (χ3v) is 4.02. The summed E-state index contributed by atoms with van der Waals surface area (Å²) in [4.78, 5) is 3.38. The van der Waals surface area contributed by atoms with Crippen molar-refractivity contribution in [2.45, 2.75) is 25.7 Å². The van der Waals surface area contributed by atoms with Gasteiger partial charge in [-0.15, -0.1) is 0 Å². The van der Waals surface area contributed by atoms with Crippen LogP contribution in [0, 0.1) is 5.95 Å². The van der Waals surface area contributed by atoms with E-state index in [-0.39, 0.29) is 18.3 Å². The predicted octanol–water partition coefficient (Wildman–Crippen LogP) is 1.26. The fourth-order valence-electron chi connectivity index (χ4n) is 1.24. The lowest BCUT2D eigenvalue weighted by Crippen LogP contribution is -2.22. The minimum atomic E-state index is -2.00. The number of hydrogen-bond donors (Lipinski definition) is 2. The van der Waals surface area contributed by atoms with Crippen LogP contribution < -0.4 is 9.39 Å². The van der Waals surface area contributed by atoms with Crippen LogP contribution in [0.1, 0.15) is 0 Å². The first-order valence-corrected chi connectivity index (χ1v) is 9.87. The molecule has 0 saturated carbocycles. The fourth-order valence-corrected chi connectivity index (χ4v) is 2.00. The van der Waals surface area contributed by atoms with Crippen LogP contribution in [0.15, 0.2) is 12.3 Å². The highest BCUT2D eigenvalue weighted by Gasteiger charge is 2.15. The standard InChI is InChI=1S/C11H19BFNO5Si/c1-20(2,3)5-4-17-8-18-10-6-9(19-12(15)16)7-14-11(10)13/h6-7,15-16H,4-5,8H2,1-3H3. The SMILES string of the molecule is C[Si](C)(C)CCOCOc1cc(OB(O)O)cnc1F. The quantitative estimate of drug-likeness (QED) is 0.326. The first-order chi connectivity index (χ1) is 9.28. The number of ether oxygens (including phenoxy) is 2. The number of halogens is 1. The Balaban J connectivity index is 2.43. The summed E-state index contributed by atoms with van der Waals surface area (Å²) in [5.41, 5.74) is 0. The van der Waals surface area contributed by atoms with Crippen molar-refractivity contribution in [1.82, 2.24) is 4.98 Å². The Hall–Kier alpha value is -1.16. The van der Waals surface area contributed by atoms with Crippen LogP contribution in [0.2, 0.25) is 25.7 Å². The van der Waals surface area contributed by atoms with Gasteiger partial charge >= 0.3 is 7.32 Å². The molecular weight excluding hydrogens is 284 g/mol. The minimum Gasteiger partial charge on any atom is -0.511 e. The molecule has 0 aliphatic rings. The van der Waals surface area contributed by atoms with E-state index in [2.05, 4.69) is 29.3 Å². The van der Waals surface area contributed by atoms with E-state index < -0.39 is 21.3 Å². The van der Waals surface area contributed by atoms with Gasteiger partial charge in [-0.2, -0.15) is 4.39 Å². The monoisotopic (exact) mass is 303 g/mol. The fraction of sp³-hybridized carbons (Fsp3) is 0.545. The van der Waals surface area contributed by atoms with Crippen molar-refractivity contribution in [1.29, 1.82) is 0 Å². The Bertz CT molecular complexity index is 430. The zero-order chi connectivity index (χ0) is 15.2. The summed E-state index contributed by atoms with van der Waals surface area (Å²) in [6, 6.07) is 2.15. The van der Waals surface area contributed by atoms with Gasteiger partial charge in [0.1, 0.15) is 5.75 Å². The summed E-state index contributed by atoms with van der Waals surface area (Å²) in [5.74, 6) is -1.01. The van der Waals surface area contributed by atoms with E-state index in [1.165, 1.54) is 6.07 Å². The van der Waals surface area contributed by atoms with Gasteiger partial charge in [0.15, 0.2) is 12.5 Å². The van der Waals surface area contributed by atoms with Gasteiger partial charge in [-0.1, -0.05) is 19.6 Å². The van der Waals surface area contributed by atoms with Gasteiger partial charge in [-0.3, -0.25) is 0 Å². The molecule has 0 aliphatic heterocycles. The number of aromatic nitrogens is 1. The average Bonchev–Trinajstić information content (AvgIpc) is 2.30. The second-order valence-corrected chi connectivity index (χ2v) is 11.0. The zero-order valence-corrected chi connectivity index (χ0v) is 12.8. The molecule has 0 aliphatic carbocycles. The summed E-state index contributed by atoms with van der Waals surface area (Å²) >= 11 is 0. The smallest absolute Gasteiger partial charge is 0.511 e. The molecule has 20 heavy (non-hydrogen) atoms. The second kappa shape index (κ2) is 7.58. The molecule has 0 fully saturated rings. The Morgan fingerprint density at radius 3 is 2.65 bits per heavy atom. The summed E-state index contributed by atoms with van der Waals surface area (Å²) in [5, 5.41) is 17.3. The van der Waals surface area contributed by atoms with Crippen LogP contribution >= 0.6 is 0 Å². The van der Waals surface area contributed by atoms with Crippen LogP contribution in [0.25, 0.3) is 0 Å². The maximum atomic E-state index is 13.3. The van der Waals surface area contributed by atoms with Crippen molar-refractivity contribution in [3.63, 3.8) is 0 Å². The van der Waals surface area contributed by atoms with E-state index in [1.54, 1.807) is 0 Å². The first-order valence-electron chi connectivity index (χ1n) is 6.17. The van der Waals surface area contributed by atoms with E-state index in [0.717, 1.165) is 12.2 Å². The lowest BCUT2D eigenvalue weighted by Gasteiger charge is -2.15. The molecule has 1 aromatic heterocycles. The first kappa shape index (κ1) is 16.9. The third-order valence-electron chi connectivity index (χ3n) is 2.32. The highest BCUT2D eigenvalue weighted by Crippen LogP contribution is 2.21. The highest BCUT2D eigenvalue weighted by molar-refractivity contribution is 6.76. The van der Waals surface area contributed by atoms with Crippen molar-refractivity contribution in [2.24, 2.45) is 0 Å². The lowest BCUT2D eigenvalue weighted by molar-refractivity contribution is 0.0192. The maximum absolute atomic E-state index is 13.3. The number of rotatable bonds is 8. The van der Waals surface area contributed by atoms with Crippen LogP contribution in [0.5, 0.6) is 11.5 Å². The molecule has 1 aromatic rings. The van der Waals surface area contributed by atoms with Crippen LogP contribution in [-0.2, 0) is 4.74 Å². The van der Waals surface area contributed by atoms with Gasteiger partial charge in [0.05, 0.1) is 6.20 Å². The van der Waals surface area contributed by atoms with Crippen molar-refractivity contribution in [3.05, 3.63) is 18.2 Å². The topological polar surface area (TPSA) is 81.0 Å². The third kappa shape index (κ3) is 6.85. The Labute approximate surface area is 118 Å². The van der Waals surface area contributed by atoms with Gasteiger partial charge in [0.2, 0.25) is 0 Å². The molecule has 0 spiro atoms. The van der Waals surface area contributed by atoms with Gasteiger partial charge < -0.3 is 24.2 Å². The molecular formula is C11H19BFNO5Si. The van der Waals surface area contributed by atoms with E-state index in [4.69, 9.17) is 19.5 Å². The molecule has 112 valence electrons. The molecule has 0 atom stereocenters. The van der Waals surface area contributed by atoms with Crippen LogP contribution in [0.3, 0.4) is 0 Å². The van der Waals surface area contributed by atoms with E-state index in [9.17, 15) is 4.39 Å². The van der Waals surface area contributed by atoms with Gasteiger partial charge in [0.25, 0.3) is 5.95 Å². The summed E-state index contributed by atoms with van der Waals surface area (Å²) in [6.07, 6.45) is 1.02. The van der Waals surface area contributed by atoms with Crippen molar-refractivity contribution >= 4 is 15.4 Å². The summed E-state index contributed by atoms with van der Waals surface area (Å²) < 4.78 is 28.2. The van der Waals surface area contributed by atoms with Crippen LogP contribution in [-0.4, -0.2) is 43.8 Å².